The van der Waals surface area contributed by atoms with Crippen LogP contribution in [0.4, 0.5) is 10.6 Å². The average molecular weight is 724 g/mol. The molecule has 3 heterocycles. The average Bonchev–Trinajstić information content (AvgIpc) is 3.57. The van der Waals surface area contributed by atoms with Crippen LogP contribution in [0.1, 0.15) is 77.3 Å². The summed E-state index contributed by atoms with van der Waals surface area (Å²) in [5.74, 6) is -1.30. The van der Waals surface area contributed by atoms with E-state index in [1.807, 2.05) is 6.08 Å². The predicted octanol–water partition coefficient (Wildman–Crippen LogP) is 2.98. The third-order valence-electron chi connectivity index (χ3n) is 8.91. The van der Waals surface area contributed by atoms with E-state index >= 15 is 0 Å². The number of nitrogens with one attached hydrogen (secondary N) is 1. The highest BCUT2D eigenvalue weighted by Crippen LogP contribution is 2.35. The van der Waals surface area contributed by atoms with Crippen molar-refractivity contribution in [2.24, 2.45) is 5.41 Å². The van der Waals surface area contributed by atoms with E-state index in [9.17, 15) is 29.1 Å². The van der Waals surface area contributed by atoms with E-state index in [0.717, 1.165) is 0 Å². The molecule has 1 aliphatic carbocycles. The van der Waals surface area contributed by atoms with Crippen LogP contribution in [0.15, 0.2) is 35.1 Å². The van der Waals surface area contributed by atoms with Crippen LogP contribution in [-0.2, 0) is 37.0 Å². The number of carbonyl (C=O) groups excluding carboxylic acids is 4. The minimum Gasteiger partial charge on any atom is -0.496 e. The molecule has 1 aromatic carbocycles. The number of aromatic nitrogens is 4. The maximum atomic E-state index is 13.7. The molecule has 2 aliphatic rings. The summed E-state index contributed by atoms with van der Waals surface area (Å²) in [5, 5.41) is 11.3. The molecule has 2 atom stereocenters. The molecule has 17 nitrogen and oxygen atoms in total. The number of carbonyl (C=O) groups is 4. The van der Waals surface area contributed by atoms with E-state index < -0.39 is 46.7 Å². The number of nitrogen functional groups attached to an aromatic ring is 1. The number of ether oxygens (including phenoxy) is 3. The molecule has 0 unspecified atom stereocenters. The summed E-state index contributed by atoms with van der Waals surface area (Å²) in [6, 6.07) is 5.33. The van der Waals surface area contributed by atoms with Gasteiger partial charge in [-0.3, -0.25) is 14.2 Å². The monoisotopic (exact) mass is 723 g/mol. The Labute approximate surface area is 299 Å². The number of hydrogen-bond donors (Lipinski definition) is 3. The molecule has 1 saturated heterocycles. The number of aromatic amines is 1. The van der Waals surface area contributed by atoms with Gasteiger partial charge in [-0.05, 0) is 71.1 Å². The third-order valence-corrected chi connectivity index (χ3v) is 8.91. The number of imide groups is 1. The second kappa shape index (κ2) is 15.4. The minimum absolute atomic E-state index is 0.00504. The van der Waals surface area contributed by atoms with Crippen LogP contribution in [0.2, 0.25) is 0 Å². The lowest BCUT2D eigenvalue weighted by molar-refractivity contribution is -0.205. The van der Waals surface area contributed by atoms with E-state index in [0.29, 0.717) is 41.4 Å². The Bertz CT molecular complexity index is 1910. The molecule has 3 amide bonds. The zero-order chi connectivity index (χ0) is 37.8. The van der Waals surface area contributed by atoms with E-state index in [-0.39, 0.29) is 68.3 Å². The van der Waals surface area contributed by atoms with Crippen LogP contribution >= 0.6 is 0 Å². The van der Waals surface area contributed by atoms with Gasteiger partial charge in [0.2, 0.25) is 0 Å². The number of fused-ring (bicyclic) bond motifs is 1. The molecular weight excluding hydrogens is 678 g/mol. The summed E-state index contributed by atoms with van der Waals surface area (Å²) >= 11 is 0. The number of nitrogens with two attached hydrogens (primary N) is 1. The summed E-state index contributed by atoms with van der Waals surface area (Å²) in [6.07, 6.45) is 3.56. The number of allylic oxidation sites excluding steroid dienone is 1. The van der Waals surface area contributed by atoms with Crippen molar-refractivity contribution in [2.45, 2.75) is 91.0 Å². The molecule has 4 N–H and O–H groups in total. The van der Waals surface area contributed by atoms with Gasteiger partial charge in [-0.25, -0.2) is 14.4 Å². The zero-order valence-electron chi connectivity index (χ0n) is 30.0. The van der Waals surface area contributed by atoms with Crippen molar-refractivity contribution in [3.8, 4) is 11.8 Å². The summed E-state index contributed by atoms with van der Waals surface area (Å²) < 4.78 is 18.4. The van der Waals surface area contributed by atoms with Gasteiger partial charge in [0.25, 0.3) is 11.8 Å². The Morgan fingerprint density at radius 2 is 1.88 bits per heavy atom. The smallest absolute Gasteiger partial charge is 0.410 e. The maximum absolute atomic E-state index is 13.7. The molecule has 0 saturated carbocycles. The van der Waals surface area contributed by atoms with Crippen LogP contribution in [0.5, 0.6) is 11.8 Å². The number of nitrogens with zero attached hydrogens (tertiary/aromatic N) is 5. The number of amides is 3. The second-order valence-electron chi connectivity index (χ2n) is 13.8. The molecule has 0 bridgehead atoms. The van der Waals surface area contributed by atoms with E-state index in [4.69, 9.17) is 24.8 Å². The number of methoxy groups -OCH3 is 1. The van der Waals surface area contributed by atoms with Crippen molar-refractivity contribution in [1.82, 2.24) is 29.5 Å². The van der Waals surface area contributed by atoms with Crippen molar-refractivity contribution < 1.29 is 43.3 Å². The first kappa shape index (κ1) is 37.8. The topological polar surface area (TPSA) is 221 Å². The molecule has 1 aliphatic heterocycles. The third kappa shape index (κ3) is 8.70. The van der Waals surface area contributed by atoms with Crippen LogP contribution in [-0.4, -0.2) is 90.4 Å². The van der Waals surface area contributed by atoms with Gasteiger partial charge < -0.3 is 39.8 Å². The molecule has 0 spiro atoms. The number of hydrogen-bond acceptors (Lipinski definition) is 13. The molecule has 1 fully saturated rings. The van der Waals surface area contributed by atoms with Gasteiger partial charge in [0.05, 0.1) is 44.4 Å². The fourth-order valence-electron chi connectivity index (χ4n) is 6.12. The highest BCUT2D eigenvalue weighted by molar-refractivity contribution is 6.01. The standard InChI is InChI=1S/C35H45N7O10/c1-6-50-31-38-28(36)27-29(39-31)41(32(46)37-27)18-21-10-11-22(24(17-21)49-5)19-40(20-34(2,3)48)33(47)51-23-9-7-8-15-35(4,16-14-23)30(45)52-42-25(43)12-13-26(42)44/h7,9-11,17,23,48H,6,8,12-16,18-20H2,1-5H3,(H,37,46)(H2,36,38,39)/b9-7+/t23-,35+/m0/s1. The SMILES string of the molecule is CCOc1nc(N)c2[nH]c(=O)n(Cc3ccc(CN(CC(C)(C)O)C(=O)O[C@H]4/C=C/CC[C@@](C)(C(=O)ON5C(=O)CCC5=O)CC4)c(OC)c3)c2n1. The lowest BCUT2D eigenvalue weighted by Crippen LogP contribution is -2.43. The lowest BCUT2D eigenvalue weighted by Gasteiger charge is -2.32. The highest BCUT2D eigenvalue weighted by atomic mass is 16.7. The van der Waals surface area contributed by atoms with Crippen molar-refractivity contribution in [2.75, 3.05) is 26.0 Å². The molecule has 3 aromatic rings. The number of aliphatic hydroxyl groups is 1. The Balaban J connectivity index is 1.30. The van der Waals surface area contributed by atoms with Gasteiger partial charge in [0, 0.05) is 18.4 Å². The Morgan fingerprint density at radius 1 is 1.15 bits per heavy atom. The molecule has 17 heteroatoms. The van der Waals surface area contributed by atoms with Crippen LogP contribution in [0.25, 0.3) is 11.2 Å². The summed E-state index contributed by atoms with van der Waals surface area (Å²) in [7, 11) is 1.48. The number of hydroxylamine groups is 2. The number of anilines is 1. The van der Waals surface area contributed by atoms with Crippen LogP contribution < -0.4 is 20.9 Å². The van der Waals surface area contributed by atoms with Crippen molar-refractivity contribution in [3.63, 3.8) is 0 Å². The summed E-state index contributed by atoms with van der Waals surface area (Å²) in [5.41, 5.74) is 5.14. The molecule has 0 radical (unpaired) electrons. The summed E-state index contributed by atoms with van der Waals surface area (Å²) in [6.45, 7) is 6.98. The molecule has 52 heavy (non-hydrogen) atoms. The van der Waals surface area contributed by atoms with Gasteiger partial charge in [0.1, 0.15) is 17.4 Å². The number of benzene rings is 1. The molecule has 5 rings (SSSR count). The Hall–Kier alpha value is -5.45. The van der Waals surface area contributed by atoms with E-state index in [2.05, 4.69) is 15.0 Å². The quantitative estimate of drug-likeness (QED) is 0.181. The fraction of sp³-hybridized carbons (Fsp3) is 0.514. The van der Waals surface area contributed by atoms with Gasteiger partial charge >= 0.3 is 23.8 Å². The van der Waals surface area contributed by atoms with E-state index in [1.165, 1.54) is 16.6 Å². The van der Waals surface area contributed by atoms with Gasteiger partial charge in [-0.2, -0.15) is 9.97 Å². The van der Waals surface area contributed by atoms with Crippen molar-refractivity contribution >= 4 is 40.9 Å². The predicted molar refractivity (Wildman–Crippen MR) is 186 cm³/mol. The first-order chi connectivity index (χ1) is 24.6. The Morgan fingerprint density at radius 3 is 2.56 bits per heavy atom. The molecular formula is C35H45N7O10. The van der Waals surface area contributed by atoms with Gasteiger partial charge in [-0.1, -0.05) is 18.2 Å². The van der Waals surface area contributed by atoms with Gasteiger partial charge in [-0.15, -0.1) is 5.06 Å². The molecule has 2 aromatic heterocycles. The Kier molecular flexibility index (Phi) is 11.2. The highest BCUT2D eigenvalue weighted by Gasteiger charge is 2.41. The first-order valence-corrected chi connectivity index (χ1v) is 17.1. The van der Waals surface area contributed by atoms with E-state index in [1.54, 1.807) is 52.0 Å². The number of imidazole rings is 1. The number of H-pyrrole nitrogens is 1. The normalized spacial score (nSPS) is 20.0. The number of rotatable bonds is 12. The summed E-state index contributed by atoms with van der Waals surface area (Å²) in [4.78, 5) is 81.5. The zero-order valence-corrected chi connectivity index (χ0v) is 30.0. The lowest BCUT2D eigenvalue weighted by atomic mass is 9.79. The second-order valence-corrected chi connectivity index (χ2v) is 13.8. The minimum atomic E-state index is -1.28. The van der Waals surface area contributed by atoms with Crippen molar-refractivity contribution in [1.29, 1.82) is 0 Å². The van der Waals surface area contributed by atoms with Crippen LogP contribution in [0, 0.1) is 5.41 Å². The van der Waals surface area contributed by atoms with Crippen molar-refractivity contribution in [3.05, 3.63) is 52.0 Å². The van der Waals surface area contributed by atoms with Crippen LogP contribution in [0.3, 0.4) is 0 Å². The van der Waals surface area contributed by atoms with Gasteiger partial charge in [0.15, 0.2) is 11.5 Å². The maximum Gasteiger partial charge on any atom is 0.410 e. The molecule has 280 valence electrons. The largest absolute Gasteiger partial charge is 0.496 e. The first-order valence-electron chi connectivity index (χ1n) is 17.1. The fourth-order valence-corrected chi connectivity index (χ4v) is 6.12.